The summed E-state index contributed by atoms with van der Waals surface area (Å²) in [4.78, 5) is 0. The number of aryl methyl sites for hydroxylation is 1. The van der Waals surface area contributed by atoms with Crippen LogP contribution >= 0.6 is 0 Å². The second kappa shape index (κ2) is 6.45. The Bertz CT molecular complexity index is 331. The molecule has 0 bridgehead atoms. The summed E-state index contributed by atoms with van der Waals surface area (Å²) in [6.07, 6.45) is 0. The fourth-order valence-corrected chi connectivity index (χ4v) is 1.43. The molecule has 1 aromatic carbocycles. The predicted molar refractivity (Wildman–Crippen MR) is 61.2 cm³/mol. The second-order valence-corrected chi connectivity index (χ2v) is 3.66. The van der Waals surface area contributed by atoms with Crippen molar-refractivity contribution in [3.05, 3.63) is 29.6 Å². The fraction of sp³-hybridized carbons (Fsp3) is 0.500. The van der Waals surface area contributed by atoms with Crippen LogP contribution in [-0.2, 0) is 0 Å². The first kappa shape index (κ1) is 12.9. The highest BCUT2D eigenvalue weighted by Crippen LogP contribution is 2.18. The van der Waals surface area contributed by atoms with Gasteiger partial charge in [0.25, 0.3) is 0 Å². The normalized spacial score (nSPS) is 12.5. The lowest BCUT2D eigenvalue weighted by molar-refractivity contribution is 0.184. The minimum Gasteiger partial charge on any atom is -0.492 e. The van der Waals surface area contributed by atoms with Gasteiger partial charge in [0.05, 0.1) is 12.6 Å². The average Bonchev–Trinajstić information content (AvgIpc) is 2.26. The quantitative estimate of drug-likeness (QED) is 0.773. The van der Waals surface area contributed by atoms with Crippen molar-refractivity contribution in [2.24, 2.45) is 0 Å². The van der Waals surface area contributed by atoms with Gasteiger partial charge in [-0.1, -0.05) is 6.92 Å². The second-order valence-electron chi connectivity index (χ2n) is 3.66. The fourth-order valence-electron chi connectivity index (χ4n) is 1.43. The molecule has 0 amide bonds. The van der Waals surface area contributed by atoms with Crippen LogP contribution in [0.15, 0.2) is 18.2 Å². The van der Waals surface area contributed by atoms with Crippen molar-refractivity contribution in [2.45, 2.75) is 19.9 Å². The molecule has 1 rings (SSSR count). The van der Waals surface area contributed by atoms with E-state index in [0.29, 0.717) is 12.4 Å². The number of aliphatic hydroxyl groups is 1. The van der Waals surface area contributed by atoms with Crippen LogP contribution in [0.3, 0.4) is 0 Å². The topological polar surface area (TPSA) is 41.5 Å². The monoisotopic (exact) mass is 227 g/mol. The Balaban J connectivity index is 2.53. The number of benzene rings is 1. The minimum atomic E-state index is -0.268. The van der Waals surface area contributed by atoms with E-state index in [1.165, 1.54) is 12.1 Å². The van der Waals surface area contributed by atoms with Crippen LogP contribution in [0.25, 0.3) is 0 Å². The molecule has 90 valence electrons. The highest BCUT2D eigenvalue weighted by atomic mass is 19.1. The SMILES string of the molecule is CCNC(CO)COc1ccc(F)cc1C. The van der Waals surface area contributed by atoms with Gasteiger partial charge >= 0.3 is 0 Å². The van der Waals surface area contributed by atoms with E-state index in [9.17, 15) is 4.39 Å². The molecule has 0 spiro atoms. The van der Waals surface area contributed by atoms with E-state index in [1.807, 2.05) is 6.92 Å². The van der Waals surface area contributed by atoms with Gasteiger partial charge in [0, 0.05) is 0 Å². The van der Waals surface area contributed by atoms with Crippen LogP contribution in [0.1, 0.15) is 12.5 Å². The van der Waals surface area contributed by atoms with E-state index in [0.717, 1.165) is 12.1 Å². The maximum Gasteiger partial charge on any atom is 0.123 e. The summed E-state index contributed by atoms with van der Waals surface area (Å²) < 4.78 is 18.3. The molecule has 0 aliphatic heterocycles. The third-order valence-electron chi connectivity index (χ3n) is 2.29. The van der Waals surface area contributed by atoms with Crippen molar-refractivity contribution in [1.82, 2.24) is 5.32 Å². The number of ether oxygens (including phenoxy) is 1. The van der Waals surface area contributed by atoms with E-state index in [4.69, 9.17) is 9.84 Å². The zero-order chi connectivity index (χ0) is 12.0. The Kier molecular flexibility index (Phi) is 5.22. The lowest BCUT2D eigenvalue weighted by atomic mass is 10.2. The van der Waals surface area contributed by atoms with Gasteiger partial charge < -0.3 is 15.2 Å². The Morgan fingerprint density at radius 1 is 1.50 bits per heavy atom. The van der Waals surface area contributed by atoms with Gasteiger partial charge in [-0.05, 0) is 37.2 Å². The molecule has 0 heterocycles. The lowest BCUT2D eigenvalue weighted by Gasteiger charge is -2.16. The maximum absolute atomic E-state index is 12.8. The van der Waals surface area contributed by atoms with Gasteiger partial charge in [0.15, 0.2) is 0 Å². The zero-order valence-corrected chi connectivity index (χ0v) is 9.66. The van der Waals surface area contributed by atoms with Crippen molar-refractivity contribution in [3.8, 4) is 5.75 Å². The summed E-state index contributed by atoms with van der Waals surface area (Å²) in [6.45, 7) is 4.92. The summed E-state index contributed by atoms with van der Waals surface area (Å²) in [5.74, 6) is 0.382. The average molecular weight is 227 g/mol. The molecule has 0 radical (unpaired) electrons. The third-order valence-corrected chi connectivity index (χ3v) is 2.29. The molecule has 16 heavy (non-hydrogen) atoms. The van der Waals surface area contributed by atoms with Crippen LogP contribution < -0.4 is 10.1 Å². The molecule has 0 fully saturated rings. The molecule has 4 heteroatoms. The molecule has 3 nitrogen and oxygen atoms in total. The van der Waals surface area contributed by atoms with E-state index in [2.05, 4.69) is 5.32 Å². The number of nitrogens with one attached hydrogen (secondary N) is 1. The van der Waals surface area contributed by atoms with Crippen LogP contribution in [0.4, 0.5) is 4.39 Å². The van der Waals surface area contributed by atoms with Crippen molar-refractivity contribution >= 4 is 0 Å². The van der Waals surface area contributed by atoms with Crippen molar-refractivity contribution in [1.29, 1.82) is 0 Å². The van der Waals surface area contributed by atoms with Crippen LogP contribution in [0, 0.1) is 12.7 Å². The number of aliphatic hydroxyl groups excluding tert-OH is 1. The molecule has 2 N–H and O–H groups in total. The van der Waals surface area contributed by atoms with E-state index in [1.54, 1.807) is 13.0 Å². The summed E-state index contributed by atoms with van der Waals surface area (Å²) >= 11 is 0. The summed E-state index contributed by atoms with van der Waals surface area (Å²) in [5.41, 5.74) is 0.758. The molecular formula is C12H18FNO2. The molecule has 1 unspecified atom stereocenters. The van der Waals surface area contributed by atoms with Gasteiger partial charge in [-0.2, -0.15) is 0 Å². The zero-order valence-electron chi connectivity index (χ0n) is 9.66. The summed E-state index contributed by atoms with van der Waals surface area (Å²) in [7, 11) is 0. The van der Waals surface area contributed by atoms with Crippen molar-refractivity contribution < 1.29 is 14.2 Å². The van der Waals surface area contributed by atoms with E-state index in [-0.39, 0.29) is 18.5 Å². The van der Waals surface area contributed by atoms with Gasteiger partial charge in [0.2, 0.25) is 0 Å². The molecule has 0 aromatic heterocycles. The predicted octanol–water partition coefficient (Wildman–Crippen LogP) is 1.48. The van der Waals surface area contributed by atoms with Gasteiger partial charge in [-0.15, -0.1) is 0 Å². The standard InChI is InChI=1S/C12H18FNO2/c1-3-14-11(7-15)8-16-12-5-4-10(13)6-9(12)2/h4-6,11,14-15H,3,7-8H2,1-2H3. The largest absolute Gasteiger partial charge is 0.492 e. The third kappa shape index (κ3) is 3.79. The molecule has 1 aromatic rings. The molecular weight excluding hydrogens is 209 g/mol. The summed E-state index contributed by atoms with van der Waals surface area (Å²) in [5, 5.41) is 12.1. The number of rotatable bonds is 6. The lowest BCUT2D eigenvalue weighted by Crippen LogP contribution is -2.37. The highest BCUT2D eigenvalue weighted by Gasteiger charge is 2.07. The number of likely N-dealkylation sites (N-methyl/N-ethyl adjacent to an activating group) is 1. The number of halogens is 1. The Hall–Kier alpha value is -1.13. The molecule has 0 saturated heterocycles. The Morgan fingerprint density at radius 2 is 2.25 bits per heavy atom. The van der Waals surface area contributed by atoms with E-state index >= 15 is 0 Å². The van der Waals surface area contributed by atoms with Crippen LogP contribution in [-0.4, -0.2) is 30.9 Å². The Labute approximate surface area is 95.2 Å². The van der Waals surface area contributed by atoms with Gasteiger partial charge in [-0.25, -0.2) is 4.39 Å². The van der Waals surface area contributed by atoms with Gasteiger partial charge in [0.1, 0.15) is 18.2 Å². The first-order valence-corrected chi connectivity index (χ1v) is 5.40. The van der Waals surface area contributed by atoms with Crippen molar-refractivity contribution in [2.75, 3.05) is 19.8 Å². The number of hydrogen-bond acceptors (Lipinski definition) is 3. The molecule has 0 aliphatic rings. The van der Waals surface area contributed by atoms with E-state index < -0.39 is 0 Å². The maximum atomic E-state index is 12.8. The minimum absolute atomic E-state index is 0.0219. The first-order chi connectivity index (χ1) is 7.67. The summed E-state index contributed by atoms with van der Waals surface area (Å²) in [6, 6.07) is 4.31. The number of hydrogen-bond donors (Lipinski definition) is 2. The van der Waals surface area contributed by atoms with Crippen LogP contribution in [0.2, 0.25) is 0 Å². The molecule has 0 aliphatic carbocycles. The molecule has 1 atom stereocenters. The first-order valence-electron chi connectivity index (χ1n) is 5.40. The van der Waals surface area contributed by atoms with Crippen molar-refractivity contribution in [3.63, 3.8) is 0 Å². The smallest absolute Gasteiger partial charge is 0.123 e. The highest BCUT2D eigenvalue weighted by molar-refractivity contribution is 5.32. The van der Waals surface area contributed by atoms with Gasteiger partial charge in [-0.3, -0.25) is 0 Å². The van der Waals surface area contributed by atoms with Crippen LogP contribution in [0.5, 0.6) is 5.75 Å². The molecule has 0 saturated carbocycles. The Morgan fingerprint density at radius 3 is 2.81 bits per heavy atom.